The van der Waals surface area contributed by atoms with Gasteiger partial charge in [0, 0.05) is 0 Å². The molecule has 2 rings (SSSR count). The number of aryl methyl sites for hydroxylation is 1. The van der Waals surface area contributed by atoms with Gasteiger partial charge in [-0.15, -0.1) is 0 Å². The summed E-state index contributed by atoms with van der Waals surface area (Å²) in [4.78, 5) is 0. The molecule has 0 heteroatoms. The molecule has 1 aromatic carbocycles. The number of hydrogen-bond acceptors (Lipinski definition) is 0. The predicted octanol–water partition coefficient (Wildman–Crippen LogP) is 4.20. The van der Waals surface area contributed by atoms with Crippen molar-refractivity contribution in [2.45, 2.75) is 45.4 Å². The first-order valence-corrected chi connectivity index (χ1v) is 5.89. The van der Waals surface area contributed by atoms with Crippen LogP contribution < -0.4 is 0 Å². The third-order valence-electron chi connectivity index (χ3n) is 3.95. The summed E-state index contributed by atoms with van der Waals surface area (Å²) in [5, 5.41) is 0. The fraction of sp³-hybridized carbons (Fsp3) is 0.571. The van der Waals surface area contributed by atoms with Crippen LogP contribution in [0.2, 0.25) is 0 Å². The molecular formula is C14H20. The topological polar surface area (TPSA) is 0 Å². The number of rotatable bonds is 4. The first kappa shape index (κ1) is 9.76. The summed E-state index contributed by atoms with van der Waals surface area (Å²) in [5.74, 6) is 0. The normalized spacial score (nSPS) is 18.9. The van der Waals surface area contributed by atoms with Crippen LogP contribution in [-0.4, -0.2) is 0 Å². The lowest BCUT2D eigenvalue weighted by Crippen LogP contribution is -2.28. The summed E-state index contributed by atoms with van der Waals surface area (Å²) in [5.41, 5.74) is 2.22. The van der Waals surface area contributed by atoms with E-state index in [2.05, 4.69) is 37.3 Å². The Hall–Kier alpha value is -0.780. The van der Waals surface area contributed by atoms with Gasteiger partial charge in [-0.05, 0) is 36.7 Å². The van der Waals surface area contributed by atoms with Gasteiger partial charge in [-0.1, -0.05) is 50.1 Å². The zero-order valence-electron chi connectivity index (χ0n) is 9.13. The lowest BCUT2D eigenvalue weighted by atomic mass is 9.64. The summed E-state index contributed by atoms with van der Waals surface area (Å²) >= 11 is 0. The Morgan fingerprint density at radius 2 is 1.86 bits per heavy atom. The smallest absolute Gasteiger partial charge is 0.0274 e. The highest BCUT2D eigenvalue weighted by atomic mass is 14.4. The molecule has 0 saturated heterocycles. The molecule has 0 nitrogen and oxygen atoms in total. The van der Waals surface area contributed by atoms with Gasteiger partial charge >= 0.3 is 0 Å². The van der Waals surface area contributed by atoms with Crippen molar-refractivity contribution in [1.82, 2.24) is 0 Å². The van der Waals surface area contributed by atoms with E-state index in [1.165, 1.54) is 44.1 Å². The maximum Gasteiger partial charge on any atom is -0.0274 e. The fourth-order valence-corrected chi connectivity index (χ4v) is 2.51. The van der Waals surface area contributed by atoms with Crippen molar-refractivity contribution in [1.29, 1.82) is 0 Å². The molecule has 0 aliphatic heterocycles. The molecule has 0 unspecified atom stereocenters. The van der Waals surface area contributed by atoms with Crippen LogP contribution in [0.5, 0.6) is 0 Å². The highest BCUT2D eigenvalue weighted by molar-refractivity contribution is 5.15. The fourth-order valence-electron chi connectivity index (χ4n) is 2.51. The zero-order chi connectivity index (χ0) is 9.86. The SMILES string of the molecule is CCC1(CCc2ccccc2)CCC1. The van der Waals surface area contributed by atoms with Crippen molar-refractivity contribution in [3.63, 3.8) is 0 Å². The number of benzene rings is 1. The minimum Gasteiger partial charge on any atom is -0.0649 e. The maximum absolute atomic E-state index is 2.35. The van der Waals surface area contributed by atoms with Crippen LogP contribution in [0.4, 0.5) is 0 Å². The zero-order valence-corrected chi connectivity index (χ0v) is 9.13. The molecular weight excluding hydrogens is 168 g/mol. The van der Waals surface area contributed by atoms with Crippen LogP contribution in [0.3, 0.4) is 0 Å². The Morgan fingerprint density at radius 1 is 1.14 bits per heavy atom. The predicted molar refractivity (Wildman–Crippen MR) is 61.3 cm³/mol. The quantitative estimate of drug-likeness (QED) is 0.664. The monoisotopic (exact) mass is 188 g/mol. The second-order valence-corrected chi connectivity index (χ2v) is 4.69. The van der Waals surface area contributed by atoms with Gasteiger partial charge < -0.3 is 0 Å². The van der Waals surface area contributed by atoms with Crippen LogP contribution in [0.1, 0.15) is 44.6 Å². The Bertz CT molecular complexity index is 264. The summed E-state index contributed by atoms with van der Waals surface area (Å²) in [7, 11) is 0. The minimum absolute atomic E-state index is 0.718. The Kier molecular flexibility index (Phi) is 2.90. The Labute approximate surface area is 87.3 Å². The molecule has 0 radical (unpaired) electrons. The van der Waals surface area contributed by atoms with Gasteiger partial charge in [0.1, 0.15) is 0 Å². The van der Waals surface area contributed by atoms with E-state index in [0.717, 1.165) is 5.41 Å². The molecule has 0 aromatic heterocycles. The third kappa shape index (κ3) is 2.00. The van der Waals surface area contributed by atoms with Crippen LogP contribution in [0, 0.1) is 5.41 Å². The highest BCUT2D eigenvalue weighted by Gasteiger charge is 2.34. The maximum atomic E-state index is 2.35. The molecule has 1 aliphatic rings. The molecule has 14 heavy (non-hydrogen) atoms. The summed E-state index contributed by atoms with van der Waals surface area (Å²) in [6, 6.07) is 10.9. The average molecular weight is 188 g/mol. The molecule has 0 spiro atoms. The molecule has 0 heterocycles. The van der Waals surface area contributed by atoms with Gasteiger partial charge in [-0.25, -0.2) is 0 Å². The van der Waals surface area contributed by atoms with Crippen molar-refractivity contribution >= 4 is 0 Å². The molecule has 0 atom stereocenters. The molecule has 1 fully saturated rings. The Morgan fingerprint density at radius 3 is 2.36 bits per heavy atom. The standard InChI is InChI=1S/C14H20/c1-2-14(10-6-11-14)12-9-13-7-4-3-5-8-13/h3-5,7-8H,2,6,9-12H2,1H3. The van der Waals surface area contributed by atoms with E-state index in [1.54, 1.807) is 0 Å². The van der Waals surface area contributed by atoms with Gasteiger partial charge in [0.15, 0.2) is 0 Å². The van der Waals surface area contributed by atoms with E-state index < -0.39 is 0 Å². The summed E-state index contributed by atoms with van der Waals surface area (Å²) < 4.78 is 0. The first-order valence-electron chi connectivity index (χ1n) is 5.89. The molecule has 0 amide bonds. The molecule has 76 valence electrons. The first-order chi connectivity index (χ1) is 6.85. The summed E-state index contributed by atoms with van der Waals surface area (Å²) in [6.45, 7) is 2.35. The molecule has 1 aromatic rings. The van der Waals surface area contributed by atoms with Crippen LogP contribution >= 0.6 is 0 Å². The van der Waals surface area contributed by atoms with Crippen molar-refractivity contribution in [2.75, 3.05) is 0 Å². The minimum atomic E-state index is 0.718. The second-order valence-electron chi connectivity index (χ2n) is 4.69. The van der Waals surface area contributed by atoms with Gasteiger partial charge in [0.25, 0.3) is 0 Å². The van der Waals surface area contributed by atoms with E-state index in [9.17, 15) is 0 Å². The van der Waals surface area contributed by atoms with Crippen LogP contribution in [0.25, 0.3) is 0 Å². The number of hydrogen-bond donors (Lipinski definition) is 0. The summed E-state index contributed by atoms with van der Waals surface area (Å²) in [6.07, 6.45) is 8.44. The third-order valence-corrected chi connectivity index (χ3v) is 3.95. The van der Waals surface area contributed by atoms with Gasteiger partial charge in [-0.2, -0.15) is 0 Å². The molecule has 0 N–H and O–H groups in total. The largest absolute Gasteiger partial charge is 0.0649 e. The van der Waals surface area contributed by atoms with Crippen molar-refractivity contribution < 1.29 is 0 Å². The van der Waals surface area contributed by atoms with E-state index in [1.807, 2.05) is 0 Å². The van der Waals surface area contributed by atoms with E-state index in [-0.39, 0.29) is 0 Å². The lowest BCUT2D eigenvalue weighted by molar-refractivity contribution is 0.114. The van der Waals surface area contributed by atoms with Crippen molar-refractivity contribution in [3.8, 4) is 0 Å². The van der Waals surface area contributed by atoms with Crippen molar-refractivity contribution in [3.05, 3.63) is 35.9 Å². The second kappa shape index (κ2) is 4.16. The van der Waals surface area contributed by atoms with Gasteiger partial charge in [-0.3, -0.25) is 0 Å². The van der Waals surface area contributed by atoms with Gasteiger partial charge in [0.05, 0.1) is 0 Å². The molecule has 1 saturated carbocycles. The van der Waals surface area contributed by atoms with Crippen LogP contribution in [0.15, 0.2) is 30.3 Å². The van der Waals surface area contributed by atoms with E-state index in [4.69, 9.17) is 0 Å². The molecule has 1 aliphatic carbocycles. The highest BCUT2D eigenvalue weighted by Crippen LogP contribution is 2.47. The average Bonchev–Trinajstić information content (AvgIpc) is 2.19. The van der Waals surface area contributed by atoms with Gasteiger partial charge in [0.2, 0.25) is 0 Å². The van der Waals surface area contributed by atoms with E-state index >= 15 is 0 Å². The van der Waals surface area contributed by atoms with Crippen molar-refractivity contribution in [2.24, 2.45) is 5.41 Å². The lowest BCUT2D eigenvalue weighted by Gasteiger charge is -2.41. The van der Waals surface area contributed by atoms with E-state index in [0.29, 0.717) is 0 Å². The molecule has 0 bridgehead atoms. The van der Waals surface area contributed by atoms with Crippen LogP contribution in [-0.2, 0) is 6.42 Å². The Balaban J connectivity index is 1.88.